The molecular weight excluding hydrogens is 364 g/mol. The smallest absolute Gasteiger partial charge is 0.258 e. The lowest BCUT2D eigenvalue weighted by Gasteiger charge is -2.40. The maximum atomic E-state index is 12.9. The zero-order valence-corrected chi connectivity index (χ0v) is 15.9. The summed E-state index contributed by atoms with van der Waals surface area (Å²) in [5.74, 6) is 0.146. The molecule has 7 heteroatoms. The fourth-order valence-electron chi connectivity index (χ4n) is 3.59. The van der Waals surface area contributed by atoms with Crippen molar-refractivity contribution in [1.82, 2.24) is 9.88 Å². The van der Waals surface area contributed by atoms with Gasteiger partial charge in [0.05, 0.1) is 29.8 Å². The van der Waals surface area contributed by atoms with Crippen molar-refractivity contribution in [3.63, 3.8) is 0 Å². The van der Waals surface area contributed by atoms with Gasteiger partial charge in [0, 0.05) is 36.6 Å². The summed E-state index contributed by atoms with van der Waals surface area (Å²) in [6, 6.07) is 7.56. The molecule has 2 amide bonds. The van der Waals surface area contributed by atoms with E-state index in [1.165, 1.54) is 0 Å². The van der Waals surface area contributed by atoms with E-state index in [1.54, 1.807) is 29.4 Å². The Bertz CT molecular complexity index is 895. The number of carbonyl (C=O) groups excluding carboxylic acids is 2. The molecule has 1 aromatic carbocycles. The SMILES string of the molecule is CCC(=O)N1CC(Nc2cncc(N3CCc4cc(Cl)ccc4C3=O)c2)C1. The summed E-state index contributed by atoms with van der Waals surface area (Å²) >= 11 is 6.04. The number of nitrogens with one attached hydrogen (secondary N) is 1. The number of nitrogens with zero attached hydrogens (tertiary/aromatic N) is 3. The highest BCUT2D eigenvalue weighted by Gasteiger charge is 2.30. The van der Waals surface area contributed by atoms with Gasteiger partial charge < -0.3 is 15.1 Å². The van der Waals surface area contributed by atoms with Crippen LogP contribution in [-0.2, 0) is 11.2 Å². The number of hydrogen-bond acceptors (Lipinski definition) is 4. The van der Waals surface area contributed by atoms with E-state index in [4.69, 9.17) is 11.6 Å². The van der Waals surface area contributed by atoms with Crippen molar-refractivity contribution in [3.05, 3.63) is 52.8 Å². The Kier molecular flexibility index (Phi) is 4.74. The van der Waals surface area contributed by atoms with Gasteiger partial charge in [0.2, 0.25) is 5.91 Å². The van der Waals surface area contributed by atoms with Gasteiger partial charge in [-0.2, -0.15) is 0 Å². The van der Waals surface area contributed by atoms with Crippen molar-refractivity contribution >= 4 is 34.8 Å². The topological polar surface area (TPSA) is 65.5 Å². The fourth-order valence-corrected chi connectivity index (χ4v) is 3.79. The van der Waals surface area contributed by atoms with Crippen molar-refractivity contribution in [1.29, 1.82) is 0 Å². The van der Waals surface area contributed by atoms with E-state index in [9.17, 15) is 9.59 Å². The van der Waals surface area contributed by atoms with Crippen LogP contribution in [0.15, 0.2) is 36.7 Å². The van der Waals surface area contributed by atoms with Crippen molar-refractivity contribution in [2.45, 2.75) is 25.8 Å². The van der Waals surface area contributed by atoms with E-state index < -0.39 is 0 Å². The summed E-state index contributed by atoms with van der Waals surface area (Å²) in [4.78, 5) is 32.4. The van der Waals surface area contributed by atoms with Gasteiger partial charge in [0.15, 0.2) is 0 Å². The molecule has 0 aliphatic carbocycles. The van der Waals surface area contributed by atoms with Crippen LogP contribution in [0.2, 0.25) is 5.02 Å². The van der Waals surface area contributed by atoms with Crippen LogP contribution in [0, 0.1) is 0 Å². The highest BCUT2D eigenvalue weighted by molar-refractivity contribution is 6.30. The molecule has 1 aromatic heterocycles. The minimum Gasteiger partial charge on any atom is -0.377 e. The van der Waals surface area contributed by atoms with Crippen LogP contribution in [0.1, 0.15) is 29.3 Å². The second-order valence-electron chi connectivity index (χ2n) is 6.93. The average molecular weight is 385 g/mol. The zero-order valence-electron chi connectivity index (χ0n) is 15.1. The highest BCUT2D eigenvalue weighted by atomic mass is 35.5. The number of anilines is 2. The Morgan fingerprint density at radius 1 is 1.30 bits per heavy atom. The van der Waals surface area contributed by atoms with Gasteiger partial charge in [-0.1, -0.05) is 18.5 Å². The quantitative estimate of drug-likeness (QED) is 0.880. The first kappa shape index (κ1) is 17.8. The molecule has 27 heavy (non-hydrogen) atoms. The molecular formula is C20H21ClN4O2. The van der Waals surface area contributed by atoms with E-state index in [0.29, 0.717) is 36.6 Å². The molecule has 140 valence electrons. The van der Waals surface area contributed by atoms with Crippen LogP contribution in [0.3, 0.4) is 0 Å². The van der Waals surface area contributed by atoms with E-state index in [1.807, 2.05) is 24.0 Å². The highest BCUT2D eigenvalue weighted by Crippen LogP contribution is 2.28. The van der Waals surface area contributed by atoms with Crippen molar-refractivity contribution in [2.75, 3.05) is 29.9 Å². The molecule has 2 aromatic rings. The molecule has 1 fully saturated rings. The lowest BCUT2D eigenvalue weighted by molar-refractivity contribution is -0.134. The Labute approximate surface area is 163 Å². The first-order valence-corrected chi connectivity index (χ1v) is 9.52. The molecule has 0 atom stereocenters. The third kappa shape index (κ3) is 3.49. The molecule has 4 rings (SSSR count). The number of rotatable bonds is 4. The van der Waals surface area contributed by atoms with E-state index in [0.717, 1.165) is 23.4 Å². The normalized spacial score (nSPS) is 16.7. The summed E-state index contributed by atoms with van der Waals surface area (Å²) in [6.45, 7) is 3.87. The number of benzene rings is 1. The van der Waals surface area contributed by atoms with E-state index in [2.05, 4.69) is 10.3 Å². The molecule has 0 bridgehead atoms. The summed E-state index contributed by atoms with van der Waals surface area (Å²) < 4.78 is 0. The Morgan fingerprint density at radius 3 is 2.89 bits per heavy atom. The van der Waals surface area contributed by atoms with Gasteiger partial charge in [-0.05, 0) is 36.2 Å². The molecule has 0 radical (unpaired) electrons. The molecule has 3 heterocycles. The first-order chi connectivity index (χ1) is 13.0. The number of fused-ring (bicyclic) bond motifs is 1. The largest absolute Gasteiger partial charge is 0.377 e. The lowest BCUT2D eigenvalue weighted by Crippen LogP contribution is -2.56. The van der Waals surface area contributed by atoms with Gasteiger partial charge in [-0.25, -0.2) is 0 Å². The van der Waals surface area contributed by atoms with Gasteiger partial charge in [-0.15, -0.1) is 0 Å². The molecule has 0 spiro atoms. The van der Waals surface area contributed by atoms with Crippen molar-refractivity contribution < 1.29 is 9.59 Å². The lowest BCUT2D eigenvalue weighted by atomic mass is 9.99. The third-order valence-corrected chi connectivity index (χ3v) is 5.33. The first-order valence-electron chi connectivity index (χ1n) is 9.15. The Balaban J connectivity index is 1.46. The summed E-state index contributed by atoms with van der Waals surface area (Å²) in [7, 11) is 0. The Morgan fingerprint density at radius 2 is 2.11 bits per heavy atom. The predicted octanol–water partition coefficient (Wildman–Crippen LogP) is 2.97. The number of aromatic nitrogens is 1. The van der Waals surface area contributed by atoms with Crippen molar-refractivity contribution in [2.24, 2.45) is 0 Å². The fraction of sp³-hybridized carbons (Fsp3) is 0.350. The molecule has 2 aliphatic rings. The van der Waals surface area contributed by atoms with Gasteiger partial charge >= 0.3 is 0 Å². The molecule has 0 saturated carbocycles. The zero-order chi connectivity index (χ0) is 19.0. The van der Waals surface area contributed by atoms with Crippen LogP contribution < -0.4 is 10.2 Å². The second-order valence-corrected chi connectivity index (χ2v) is 7.37. The number of hydrogen-bond donors (Lipinski definition) is 1. The molecule has 6 nitrogen and oxygen atoms in total. The van der Waals surface area contributed by atoms with E-state index in [-0.39, 0.29) is 17.9 Å². The van der Waals surface area contributed by atoms with Gasteiger partial charge in [0.1, 0.15) is 0 Å². The molecule has 0 unspecified atom stereocenters. The van der Waals surface area contributed by atoms with Crippen LogP contribution >= 0.6 is 11.6 Å². The van der Waals surface area contributed by atoms with Crippen LogP contribution in [0.5, 0.6) is 0 Å². The van der Waals surface area contributed by atoms with Gasteiger partial charge in [0.25, 0.3) is 5.91 Å². The van der Waals surface area contributed by atoms with E-state index >= 15 is 0 Å². The summed E-state index contributed by atoms with van der Waals surface area (Å²) in [5, 5.41) is 4.05. The van der Waals surface area contributed by atoms with Crippen molar-refractivity contribution in [3.8, 4) is 0 Å². The second kappa shape index (κ2) is 7.19. The molecule has 1 N–H and O–H groups in total. The standard InChI is InChI=1S/C20H21ClN4O2/c1-2-19(26)24-11-16(12-24)23-15-8-17(10-22-9-15)25-6-5-13-7-14(21)3-4-18(13)20(25)27/h3-4,7-10,16,23H,2,5-6,11-12H2,1H3. The molecule has 2 aliphatic heterocycles. The maximum absolute atomic E-state index is 12.9. The maximum Gasteiger partial charge on any atom is 0.258 e. The summed E-state index contributed by atoms with van der Waals surface area (Å²) in [5.41, 5.74) is 3.31. The van der Waals surface area contributed by atoms with Gasteiger partial charge in [-0.3, -0.25) is 14.6 Å². The number of halogens is 1. The average Bonchev–Trinajstić information content (AvgIpc) is 2.64. The molecule has 1 saturated heterocycles. The monoisotopic (exact) mass is 384 g/mol. The number of likely N-dealkylation sites (tertiary alicyclic amines) is 1. The predicted molar refractivity (Wildman–Crippen MR) is 105 cm³/mol. The number of carbonyl (C=O) groups is 2. The number of amides is 2. The minimum absolute atomic E-state index is 0.0322. The summed E-state index contributed by atoms with van der Waals surface area (Å²) in [6.07, 6.45) is 4.75. The minimum atomic E-state index is -0.0322. The third-order valence-electron chi connectivity index (χ3n) is 5.09. The van der Waals surface area contributed by atoms with Crippen LogP contribution in [-0.4, -0.2) is 47.4 Å². The van der Waals surface area contributed by atoms with Crippen LogP contribution in [0.25, 0.3) is 0 Å². The number of pyridine rings is 1. The Hall–Kier alpha value is -2.60. The van der Waals surface area contributed by atoms with Crippen LogP contribution in [0.4, 0.5) is 11.4 Å².